The maximum atomic E-state index is 10.7. The second-order valence-electron chi connectivity index (χ2n) is 4.06. The lowest BCUT2D eigenvalue weighted by molar-refractivity contribution is -0.136. The van der Waals surface area contributed by atoms with Crippen molar-refractivity contribution in [2.45, 2.75) is 6.42 Å². The maximum Gasteiger partial charge on any atom is 0.307 e. The highest BCUT2D eigenvalue weighted by Gasteiger charge is 2.07. The first kappa shape index (κ1) is 14.0. The minimum absolute atomic E-state index is 0.0714. The highest BCUT2D eigenvalue weighted by molar-refractivity contribution is 6.30. The van der Waals surface area contributed by atoms with Crippen molar-refractivity contribution >= 4 is 28.9 Å². The quantitative estimate of drug-likeness (QED) is 0.832. The number of hydrogen-bond donors (Lipinski definition) is 2. The van der Waals surface area contributed by atoms with Crippen molar-refractivity contribution in [2.24, 2.45) is 10.2 Å². The van der Waals surface area contributed by atoms with Crippen molar-refractivity contribution < 1.29 is 15.0 Å². The zero-order valence-corrected chi connectivity index (χ0v) is 11.1. The molecule has 0 spiro atoms. The molecule has 102 valence electrons. The molecule has 0 fully saturated rings. The molecule has 0 radical (unpaired) electrons. The summed E-state index contributed by atoms with van der Waals surface area (Å²) in [6.07, 6.45) is -0.268. The Morgan fingerprint density at radius 3 is 2.30 bits per heavy atom. The van der Waals surface area contributed by atoms with E-state index in [0.29, 0.717) is 22.0 Å². The van der Waals surface area contributed by atoms with Gasteiger partial charge < -0.3 is 10.2 Å². The molecule has 0 amide bonds. The van der Waals surface area contributed by atoms with Crippen molar-refractivity contribution in [2.75, 3.05) is 0 Å². The SMILES string of the molecule is O=C(O)Cc1cc(/N=N/c2ccc(Cl)cc2)ccc1O. The number of halogens is 1. The zero-order chi connectivity index (χ0) is 14.5. The molecule has 0 bridgehead atoms. The number of carboxylic acids is 1. The predicted molar refractivity (Wildman–Crippen MR) is 75.1 cm³/mol. The number of rotatable bonds is 4. The summed E-state index contributed by atoms with van der Waals surface area (Å²) in [6.45, 7) is 0. The predicted octanol–water partition coefficient (Wildman–Crippen LogP) is 4.09. The Morgan fingerprint density at radius 1 is 1.05 bits per heavy atom. The first-order valence-electron chi connectivity index (χ1n) is 5.75. The standard InChI is InChI=1S/C14H11ClN2O3/c15-10-1-3-11(4-2-10)16-17-12-5-6-13(18)9(7-12)8-14(19)20/h1-7,18H,8H2,(H,19,20)/b17-16+. The van der Waals surface area contributed by atoms with E-state index in [4.69, 9.17) is 16.7 Å². The molecule has 5 nitrogen and oxygen atoms in total. The number of aliphatic carboxylic acids is 1. The van der Waals surface area contributed by atoms with Crippen LogP contribution in [0.5, 0.6) is 5.75 Å². The summed E-state index contributed by atoms with van der Waals surface area (Å²) in [7, 11) is 0. The maximum absolute atomic E-state index is 10.7. The second-order valence-corrected chi connectivity index (χ2v) is 4.50. The number of azo groups is 1. The molecule has 2 rings (SSSR count). The molecule has 20 heavy (non-hydrogen) atoms. The fraction of sp³-hybridized carbons (Fsp3) is 0.0714. The van der Waals surface area contributed by atoms with Crippen LogP contribution in [0.2, 0.25) is 5.02 Å². The molecule has 2 aromatic rings. The van der Waals surface area contributed by atoms with Gasteiger partial charge in [0.25, 0.3) is 0 Å². The molecule has 0 atom stereocenters. The molecule has 0 saturated heterocycles. The average Bonchev–Trinajstić information content (AvgIpc) is 2.41. The minimum Gasteiger partial charge on any atom is -0.508 e. The van der Waals surface area contributed by atoms with E-state index in [0.717, 1.165) is 0 Å². The topological polar surface area (TPSA) is 82.2 Å². The highest BCUT2D eigenvalue weighted by atomic mass is 35.5. The van der Waals surface area contributed by atoms with Crippen LogP contribution >= 0.6 is 11.6 Å². The van der Waals surface area contributed by atoms with Gasteiger partial charge in [0.05, 0.1) is 17.8 Å². The Labute approximate surface area is 120 Å². The monoisotopic (exact) mass is 290 g/mol. The van der Waals surface area contributed by atoms with Crippen molar-refractivity contribution in [1.29, 1.82) is 0 Å². The molecule has 0 aliphatic heterocycles. The number of hydrogen-bond acceptors (Lipinski definition) is 4. The molecule has 0 saturated carbocycles. The fourth-order valence-electron chi connectivity index (χ4n) is 1.56. The first-order chi connectivity index (χ1) is 9.54. The van der Waals surface area contributed by atoms with Gasteiger partial charge in [0.2, 0.25) is 0 Å². The molecule has 0 aliphatic rings. The van der Waals surface area contributed by atoms with Crippen LogP contribution in [-0.2, 0) is 11.2 Å². The van der Waals surface area contributed by atoms with Gasteiger partial charge >= 0.3 is 5.97 Å². The number of carboxylic acid groups (broad SMARTS) is 1. The van der Waals surface area contributed by atoms with Gasteiger partial charge in [0.1, 0.15) is 5.75 Å². The normalized spacial score (nSPS) is 10.8. The van der Waals surface area contributed by atoms with Crippen LogP contribution in [0.1, 0.15) is 5.56 Å². The van der Waals surface area contributed by atoms with E-state index in [1.807, 2.05) is 0 Å². The lowest BCUT2D eigenvalue weighted by Crippen LogP contribution is -1.99. The Bertz CT molecular complexity index is 654. The van der Waals surface area contributed by atoms with E-state index in [1.54, 1.807) is 30.3 Å². The first-order valence-corrected chi connectivity index (χ1v) is 6.13. The van der Waals surface area contributed by atoms with E-state index in [2.05, 4.69) is 10.2 Å². The lowest BCUT2D eigenvalue weighted by atomic mass is 10.1. The van der Waals surface area contributed by atoms with Crippen LogP contribution in [0.3, 0.4) is 0 Å². The van der Waals surface area contributed by atoms with Gasteiger partial charge in [-0.1, -0.05) is 11.6 Å². The summed E-state index contributed by atoms with van der Waals surface area (Å²) in [4.78, 5) is 10.7. The molecule has 0 unspecified atom stereocenters. The number of aromatic hydroxyl groups is 1. The van der Waals surface area contributed by atoms with Gasteiger partial charge in [0, 0.05) is 10.6 Å². The number of nitrogens with zero attached hydrogens (tertiary/aromatic N) is 2. The molecule has 0 aliphatic carbocycles. The molecule has 2 aromatic carbocycles. The molecular formula is C14H11ClN2O3. The van der Waals surface area contributed by atoms with Crippen molar-refractivity contribution in [1.82, 2.24) is 0 Å². The van der Waals surface area contributed by atoms with Gasteiger partial charge in [-0.2, -0.15) is 10.2 Å². The highest BCUT2D eigenvalue weighted by Crippen LogP contribution is 2.26. The van der Waals surface area contributed by atoms with Crippen molar-refractivity contribution in [3.63, 3.8) is 0 Å². The number of phenols is 1. The summed E-state index contributed by atoms with van der Waals surface area (Å²) in [5.74, 6) is -1.09. The van der Waals surface area contributed by atoms with E-state index < -0.39 is 5.97 Å². The third-order valence-electron chi connectivity index (χ3n) is 2.51. The van der Waals surface area contributed by atoms with Crippen LogP contribution in [0.4, 0.5) is 11.4 Å². The van der Waals surface area contributed by atoms with Crippen LogP contribution < -0.4 is 0 Å². The van der Waals surface area contributed by atoms with Crippen molar-refractivity contribution in [3.8, 4) is 5.75 Å². The van der Waals surface area contributed by atoms with E-state index in [9.17, 15) is 9.90 Å². The number of benzene rings is 2. The fourth-order valence-corrected chi connectivity index (χ4v) is 1.69. The summed E-state index contributed by atoms with van der Waals surface area (Å²) >= 11 is 5.76. The van der Waals surface area contributed by atoms with Gasteiger partial charge in [0.15, 0.2) is 0 Å². The summed E-state index contributed by atoms with van der Waals surface area (Å²) < 4.78 is 0. The van der Waals surface area contributed by atoms with Gasteiger partial charge in [-0.05, 0) is 42.5 Å². The van der Waals surface area contributed by atoms with Gasteiger partial charge in [-0.15, -0.1) is 0 Å². The van der Waals surface area contributed by atoms with E-state index in [1.165, 1.54) is 12.1 Å². The van der Waals surface area contributed by atoms with Crippen LogP contribution in [0.15, 0.2) is 52.7 Å². The van der Waals surface area contributed by atoms with Crippen LogP contribution in [0.25, 0.3) is 0 Å². The Morgan fingerprint density at radius 2 is 1.65 bits per heavy atom. The van der Waals surface area contributed by atoms with Crippen molar-refractivity contribution in [3.05, 3.63) is 53.1 Å². The second kappa shape index (κ2) is 6.16. The number of phenolic OH excluding ortho intramolecular Hbond substituents is 1. The smallest absolute Gasteiger partial charge is 0.307 e. The minimum atomic E-state index is -1.02. The summed E-state index contributed by atoms with van der Waals surface area (Å²) in [5.41, 5.74) is 1.39. The Kier molecular flexibility index (Phi) is 4.32. The van der Waals surface area contributed by atoms with Crippen LogP contribution in [-0.4, -0.2) is 16.2 Å². The number of carbonyl (C=O) groups is 1. The third kappa shape index (κ3) is 3.80. The largest absolute Gasteiger partial charge is 0.508 e. The molecule has 0 heterocycles. The summed E-state index contributed by atoms with van der Waals surface area (Å²) in [6, 6.07) is 11.3. The molecule has 2 N–H and O–H groups in total. The van der Waals surface area contributed by atoms with E-state index >= 15 is 0 Å². The Hall–Kier alpha value is -2.40. The van der Waals surface area contributed by atoms with Gasteiger partial charge in [-0.25, -0.2) is 0 Å². The third-order valence-corrected chi connectivity index (χ3v) is 2.76. The summed E-state index contributed by atoms with van der Waals surface area (Å²) in [5, 5.41) is 26.9. The average molecular weight is 291 g/mol. The molecule has 6 heteroatoms. The van der Waals surface area contributed by atoms with E-state index in [-0.39, 0.29) is 12.2 Å². The van der Waals surface area contributed by atoms with Gasteiger partial charge in [-0.3, -0.25) is 4.79 Å². The molecular weight excluding hydrogens is 280 g/mol. The Balaban J connectivity index is 2.20. The van der Waals surface area contributed by atoms with Crippen LogP contribution in [0, 0.1) is 0 Å². The molecule has 0 aromatic heterocycles. The lowest BCUT2D eigenvalue weighted by Gasteiger charge is -2.02. The zero-order valence-electron chi connectivity index (χ0n) is 10.3.